The van der Waals surface area contributed by atoms with E-state index in [0.29, 0.717) is 6.54 Å². The molecule has 1 rings (SSSR count). The van der Waals surface area contributed by atoms with Gasteiger partial charge in [-0.1, -0.05) is 20.3 Å². The fourth-order valence-electron chi connectivity index (χ4n) is 1.94. The van der Waals surface area contributed by atoms with E-state index < -0.39 is 16.3 Å². The molecule has 2 unspecified atom stereocenters. The van der Waals surface area contributed by atoms with Gasteiger partial charge in [0.25, 0.3) is 10.2 Å². The van der Waals surface area contributed by atoms with E-state index in [4.69, 9.17) is 0 Å². The molecule has 0 aromatic heterocycles. The third-order valence-electron chi connectivity index (χ3n) is 3.30. The molecule has 0 aromatic carbocycles. The number of nitrogens with zero attached hydrogens (tertiary/aromatic N) is 1. The largest absolute Gasteiger partial charge is 0.391 e. The minimum atomic E-state index is -3.44. The van der Waals surface area contributed by atoms with Crippen LogP contribution in [0.2, 0.25) is 0 Å². The molecular formula is C11H24N2O3S. The maximum atomic E-state index is 12.0. The quantitative estimate of drug-likeness (QED) is 0.768. The van der Waals surface area contributed by atoms with Crippen LogP contribution in [0.25, 0.3) is 0 Å². The SMILES string of the molecule is CC(C)C(O)CNS(=O)(=O)N1CCCCC1C. The highest BCUT2D eigenvalue weighted by molar-refractivity contribution is 7.87. The van der Waals surface area contributed by atoms with Gasteiger partial charge >= 0.3 is 0 Å². The van der Waals surface area contributed by atoms with Crippen molar-refractivity contribution in [2.24, 2.45) is 5.92 Å². The number of nitrogens with one attached hydrogen (secondary N) is 1. The number of hydrogen-bond donors (Lipinski definition) is 2. The molecule has 0 saturated carbocycles. The second kappa shape index (κ2) is 6.13. The Morgan fingerprint density at radius 3 is 2.59 bits per heavy atom. The third-order valence-corrected chi connectivity index (χ3v) is 4.99. The lowest BCUT2D eigenvalue weighted by atomic mass is 10.1. The molecule has 5 nitrogen and oxygen atoms in total. The van der Waals surface area contributed by atoms with Crippen molar-refractivity contribution in [2.75, 3.05) is 13.1 Å². The zero-order valence-corrected chi connectivity index (χ0v) is 11.7. The second-order valence-electron chi connectivity index (χ2n) is 5.12. The molecule has 0 amide bonds. The Hall–Kier alpha value is -0.170. The Labute approximate surface area is 104 Å². The molecule has 102 valence electrons. The molecule has 0 spiro atoms. The van der Waals surface area contributed by atoms with Crippen LogP contribution in [-0.4, -0.2) is 43.1 Å². The summed E-state index contributed by atoms with van der Waals surface area (Å²) in [5, 5.41) is 9.61. The Bertz CT molecular complexity index is 330. The van der Waals surface area contributed by atoms with Gasteiger partial charge in [-0.25, -0.2) is 0 Å². The summed E-state index contributed by atoms with van der Waals surface area (Å²) in [4.78, 5) is 0. The molecule has 6 heteroatoms. The Balaban J connectivity index is 2.55. The van der Waals surface area contributed by atoms with E-state index in [2.05, 4.69) is 4.72 Å². The zero-order chi connectivity index (χ0) is 13.1. The molecule has 17 heavy (non-hydrogen) atoms. The molecule has 1 heterocycles. The first-order valence-corrected chi connectivity index (χ1v) is 7.73. The van der Waals surface area contributed by atoms with E-state index in [1.165, 1.54) is 4.31 Å². The molecule has 0 bridgehead atoms. The van der Waals surface area contributed by atoms with Crippen LogP contribution in [0, 0.1) is 5.92 Å². The average Bonchev–Trinajstić information content (AvgIpc) is 2.26. The van der Waals surface area contributed by atoms with Crippen molar-refractivity contribution < 1.29 is 13.5 Å². The third kappa shape index (κ3) is 4.21. The van der Waals surface area contributed by atoms with E-state index in [1.807, 2.05) is 20.8 Å². The summed E-state index contributed by atoms with van der Waals surface area (Å²) >= 11 is 0. The van der Waals surface area contributed by atoms with Crippen LogP contribution in [0.3, 0.4) is 0 Å². The van der Waals surface area contributed by atoms with E-state index in [1.54, 1.807) is 0 Å². The normalized spacial score (nSPS) is 25.1. The number of rotatable bonds is 5. The van der Waals surface area contributed by atoms with Crippen LogP contribution in [0.15, 0.2) is 0 Å². The molecule has 2 atom stereocenters. The summed E-state index contributed by atoms with van der Waals surface area (Å²) in [5.74, 6) is 0.0523. The minimum absolute atomic E-state index is 0.0523. The fraction of sp³-hybridized carbons (Fsp3) is 1.00. The summed E-state index contributed by atoms with van der Waals surface area (Å²) < 4.78 is 28.0. The van der Waals surface area contributed by atoms with E-state index in [-0.39, 0.29) is 18.5 Å². The Morgan fingerprint density at radius 1 is 1.41 bits per heavy atom. The van der Waals surface area contributed by atoms with Gasteiger partial charge < -0.3 is 5.11 Å². The van der Waals surface area contributed by atoms with Crippen molar-refractivity contribution in [1.29, 1.82) is 0 Å². The van der Waals surface area contributed by atoms with Gasteiger partial charge in [0, 0.05) is 19.1 Å². The van der Waals surface area contributed by atoms with Crippen molar-refractivity contribution in [1.82, 2.24) is 9.03 Å². The number of hydrogen-bond acceptors (Lipinski definition) is 3. The molecule has 0 aromatic rings. The predicted octanol–water partition coefficient (Wildman–Crippen LogP) is 0.712. The predicted molar refractivity (Wildman–Crippen MR) is 67.8 cm³/mol. The maximum absolute atomic E-state index is 12.0. The smallest absolute Gasteiger partial charge is 0.279 e. The standard InChI is InChI=1S/C11H24N2O3S/c1-9(2)11(14)8-12-17(15,16)13-7-5-4-6-10(13)3/h9-12,14H,4-8H2,1-3H3. The van der Waals surface area contributed by atoms with Crippen LogP contribution in [0.5, 0.6) is 0 Å². The van der Waals surface area contributed by atoms with Gasteiger partial charge in [0.1, 0.15) is 0 Å². The van der Waals surface area contributed by atoms with Crippen molar-refractivity contribution in [2.45, 2.75) is 52.2 Å². The van der Waals surface area contributed by atoms with Crippen molar-refractivity contribution in [3.63, 3.8) is 0 Å². The van der Waals surface area contributed by atoms with Gasteiger partial charge in [-0.2, -0.15) is 17.4 Å². The molecule has 0 radical (unpaired) electrons. The maximum Gasteiger partial charge on any atom is 0.279 e. The molecule has 1 saturated heterocycles. The number of piperidine rings is 1. The summed E-state index contributed by atoms with van der Waals surface area (Å²) in [5.41, 5.74) is 0. The van der Waals surface area contributed by atoms with Gasteiger partial charge in [-0.05, 0) is 25.7 Å². The van der Waals surface area contributed by atoms with Crippen LogP contribution < -0.4 is 4.72 Å². The summed E-state index contributed by atoms with van der Waals surface area (Å²) in [7, 11) is -3.44. The van der Waals surface area contributed by atoms with Gasteiger partial charge in [0.05, 0.1) is 6.10 Å². The molecule has 1 aliphatic heterocycles. The molecular weight excluding hydrogens is 240 g/mol. The number of aliphatic hydroxyl groups excluding tert-OH is 1. The monoisotopic (exact) mass is 264 g/mol. The molecule has 2 N–H and O–H groups in total. The van der Waals surface area contributed by atoms with E-state index in [9.17, 15) is 13.5 Å². The highest BCUT2D eigenvalue weighted by Crippen LogP contribution is 2.19. The van der Waals surface area contributed by atoms with Crippen LogP contribution >= 0.6 is 0 Å². The van der Waals surface area contributed by atoms with Gasteiger partial charge in [0.15, 0.2) is 0 Å². The van der Waals surface area contributed by atoms with Gasteiger partial charge in [-0.3, -0.25) is 0 Å². The minimum Gasteiger partial charge on any atom is -0.391 e. The van der Waals surface area contributed by atoms with Crippen LogP contribution in [0.1, 0.15) is 40.0 Å². The van der Waals surface area contributed by atoms with Gasteiger partial charge in [-0.15, -0.1) is 0 Å². The van der Waals surface area contributed by atoms with E-state index in [0.717, 1.165) is 19.3 Å². The van der Waals surface area contributed by atoms with Crippen LogP contribution in [0.4, 0.5) is 0 Å². The summed E-state index contributed by atoms with van der Waals surface area (Å²) in [6.07, 6.45) is 2.28. The Morgan fingerprint density at radius 2 is 2.06 bits per heavy atom. The first-order chi connectivity index (χ1) is 7.84. The molecule has 0 aliphatic carbocycles. The highest BCUT2D eigenvalue weighted by atomic mass is 32.2. The van der Waals surface area contributed by atoms with Gasteiger partial charge in [0.2, 0.25) is 0 Å². The Kier molecular flexibility index (Phi) is 5.37. The fourth-order valence-corrected chi connectivity index (χ4v) is 3.43. The van der Waals surface area contributed by atoms with Crippen molar-refractivity contribution >= 4 is 10.2 Å². The number of aliphatic hydroxyl groups is 1. The topological polar surface area (TPSA) is 69.6 Å². The summed E-state index contributed by atoms with van der Waals surface area (Å²) in [6, 6.07) is 0.0532. The average molecular weight is 264 g/mol. The first-order valence-electron chi connectivity index (χ1n) is 6.29. The first kappa shape index (κ1) is 14.9. The van der Waals surface area contributed by atoms with Crippen molar-refractivity contribution in [3.05, 3.63) is 0 Å². The van der Waals surface area contributed by atoms with E-state index >= 15 is 0 Å². The zero-order valence-electron chi connectivity index (χ0n) is 10.9. The molecule has 1 fully saturated rings. The highest BCUT2D eigenvalue weighted by Gasteiger charge is 2.29. The van der Waals surface area contributed by atoms with Crippen LogP contribution in [-0.2, 0) is 10.2 Å². The summed E-state index contributed by atoms with van der Waals surface area (Å²) in [6.45, 7) is 6.32. The lowest BCUT2D eigenvalue weighted by Gasteiger charge is -2.32. The molecule has 1 aliphatic rings. The lowest BCUT2D eigenvalue weighted by molar-refractivity contribution is 0.128. The second-order valence-corrected chi connectivity index (χ2v) is 6.83. The van der Waals surface area contributed by atoms with Crippen molar-refractivity contribution in [3.8, 4) is 0 Å². The lowest BCUT2D eigenvalue weighted by Crippen LogP contribution is -2.49.